The lowest BCUT2D eigenvalue weighted by Gasteiger charge is -2.25. The number of benzene rings is 1. The minimum Gasteiger partial charge on any atom is -0.504 e. The molecule has 5 nitrogen and oxygen atoms in total. The Hall–Kier alpha value is -1.75. The molecule has 5 heteroatoms. The summed E-state index contributed by atoms with van der Waals surface area (Å²) in [4.78, 5) is 14.0. The lowest BCUT2D eigenvalue weighted by atomic mass is 9.95. The molecule has 21 heavy (non-hydrogen) atoms. The van der Waals surface area contributed by atoms with E-state index in [2.05, 4.69) is 5.32 Å². The molecule has 1 fully saturated rings. The van der Waals surface area contributed by atoms with E-state index >= 15 is 0 Å². The molecule has 0 bridgehead atoms. The van der Waals surface area contributed by atoms with Crippen LogP contribution in [0.1, 0.15) is 24.8 Å². The highest BCUT2D eigenvalue weighted by molar-refractivity contribution is 5.76. The molecule has 1 amide bonds. The molecule has 1 aromatic rings. The molecule has 0 radical (unpaired) electrons. The highest BCUT2D eigenvalue weighted by Gasteiger charge is 2.19. The minimum absolute atomic E-state index is 0.114. The molecule has 0 aromatic heterocycles. The van der Waals surface area contributed by atoms with E-state index in [9.17, 15) is 9.90 Å². The number of nitrogens with one attached hydrogen (secondary N) is 1. The van der Waals surface area contributed by atoms with E-state index < -0.39 is 0 Å². The van der Waals surface area contributed by atoms with Gasteiger partial charge in [-0.1, -0.05) is 6.07 Å². The number of hydrogen-bond acceptors (Lipinski definition) is 4. The Balaban J connectivity index is 1.90. The third-order valence-corrected chi connectivity index (χ3v) is 3.95. The number of carbonyl (C=O) groups is 1. The molecular weight excluding hydrogens is 268 g/mol. The van der Waals surface area contributed by atoms with Crippen molar-refractivity contribution in [3.63, 3.8) is 0 Å². The van der Waals surface area contributed by atoms with Crippen LogP contribution in [0.15, 0.2) is 18.2 Å². The fourth-order valence-electron chi connectivity index (χ4n) is 2.68. The summed E-state index contributed by atoms with van der Waals surface area (Å²) in [6.45, 7) is 2.52. The molecule has 2 N–H and O–H groups in total. The van der Waals surface area contributed by atoms with Crippen LogP contribution in [0, 0.1) is 5.92 Å². The average Bonchev–Trinajstić information content (AvgIpc) is 2.50. The number of carbonyl (C=O) groups excluding carboxylic acids is 1. The molecule has 1 saturated heterocycles. The van der Waals surface area contributed by atoms with E-state index in [1.165, 1.54) is 7.11 Å². The van der Waals surface area contributed by atoms with E-state index in [1.54, 1.807) is 17.0 Å². The van der Waals surface area contributed by atoms with E-state index in [-0.39, 0.29) is 11.7 Å². The van der Waals surface area contributed by atoms with Crippen LogP contribution >= 0.6 is 0 Å². The second-order valence-corrected chi connectivity index (χ2v) is 5.67. The summed E-state index contributed by atoms with van der Waals surface area (Å²) < 4.78 is 5.09. The van der Waals surface area contributed by atoms with Crippen LogP contribution in [-0.4, -0.2) is 43.2 Å². The number of piperidine rings is 1. The largest absolute Gasteiger partial charge is 0.504 e. The smallest absolute Gasteiger partial charge is 0.222 e. The molecule has 0 spiro atoms. The van der Waals surface area contributed by atoms with Gasteiger partial charge in [0.1, 0.15) is 0 Å². The number of phenols is 1. The van der Waals surface area contributed by atoms with Gasteiger partial charge >= 0.3 is 0 Å². The number of methoxy groups -OCH3 is 1. The molecule has 2 rings (SSSR count). The summed E-state index contributed by atoms with van der Waals surface area (Å²) in [6.07, 6.45) is 2.87. The van der Waals surface area contributed by atoms with Crippen LogP contribution in [0.4, 0.5) is 0 Å². The van der Waals surface area contributed by atoms with Gasteiger partial charge in [0, 0.05) is 20.0 Å². The Morgan fingerprint density at radius 2 is 2.33 bits per heavy atom. The quantitative estimate of drug-likeness (QED) is 0.868. The lowest BCUT2D eigenvalue weighted by molar-refractivity contribution is -0.131. The van der Waals surface area contributed by atoms with Gasteiger partial charge in [-0.05, 0) is 49.5 Å². The van der Waals surface area contributed by atoms with Crippen LogP contribution in [0.3, 0.4) is 0 Å². The van der Waals surface area contributed by atoms with Gasteiger partial charge in [-0.15, -0.1) is 0 Å². The molecule has 1 aromatic carbocycles. The van der Waals surface area contributed by atoms with Crippen LogP contribution in [-0.2, 0) is 11.3 Å². The number of phenolic OH excluding ortho intramolecular Hbond substituents is 1. The zero-order valence-corrected chi connectivity index (χ0v) is 12.8. The number of amides is 1. The zero-order valence-electron chi connectivity index (χ0n) is 12.8. The monoisotopic (exact) mass is 292 g/mol. The molecule has 0 saturated carbocycles. The summed E-state index contributed by atoms with van der Waals surface area (Å²) >= 11 is 0. The van der Waals surface area contributed by atoms with Gasteiger partial charge in [0.05, 0.1) is 7.11 Å². The first-order chi connectivity index (χ1) is 10.1. The first-order valence-corrected chi connectivity index (χ1v) is 7.40. The van der Waals surface area contributed by atoms with Gasteiger partial charge in [-0.3, -0.25) is 4.79 Å². The van der Waals surface area contributed by atoms with Gasteiger partial charge < -0.3 is 20.1 Å². The van der Waals surface area contributed by atoms with Crippen molar-refractivity contribution in [2.45, 2.75) is 25.8 Å². The van der Waals surface area contributed by atoms with Crippen LogP contribution in [0.2, 0.25) is 0 Å². The van der Waals surface area contributed by atoms with Crippen molar-refractivity contribution >= 4 is 5.91 Å². The van der Waals surface area contributed by atoms with Crippen molar-refractivity contribution in [1.82, 2.24) is 10.2 Å². The van der Waals surface area contributed by atoms with Crippen molar-refractivity contribution in [3.05, 3.63) is 23.8 Å². The average molecular weight is 292 g/mol. The van der Waals surface area contributed by atoms with Gasteiger partial charge in [0.25, 0.3) is 0 Å². The Bertz CT molecular complexity index is 484. The number of rotatable bonds is 5. The lowest BCUT2D eigenvalue weighted by Crippen LogP contribution is -2.34. The predicted octanol–water partition coefficient (Wildman–Crippen LogP) is 1.75. The third kappa shape index (κ3) is 4.36. The fraction of sp³-hybridized carbons (Fsp3) is 0.562. The standard InChI is InChI=1S/C16H24N2O3/c1-18(16(20)9-12-4-3-7-17-10-12)11-13-5-6-14(19)15(8-13)21-2/h5-6,8,12,17,19H,3-4,7,9-11H2,1-2H3. The van der Waals surface area contributed by atoms with Crippen molar-refractivity contribution < 1.29 is 14.6 Å². The fourth-order valence-corrected chi connectivity index (χ4v) is 2.68. The van der Waals surface area contributed by atoms with E-state index in [4.69, 9.17) is 4.74 Å². The van der Waals surface area contributed by atoms with Crippen LogP contribution < -0.4 is 10.1 Å². The van der Waals surface area contributed by atoms with Gasteiger partial charge in [0.2, 0.25) is 5.91 Å². The third-order valence-electron chi connectivity index (χ3n) is 3.95. The number of aromatic hydroxyl groups is 1. The first kappa shape index (κ1) is 15.6. The molecule has 1 aliphatic heterocycles. The maximum absolute atomic E-state index is 12.3. The maximum Gasteiger partial charge on any atom is 0.222 e. The number of hydrogen-bond donors (Lipinski definition) is 2. The Kier molecular flexibility index (Phi) is 5.44. The van der Waals surface area contributed by atoms with E-state index in [0.29, 0.717) is 24.6 Å². The molecule has 116 valence electrons. The maximum atomic E-state index is 12.3. The molecular formula is C16H24N2O3. The van der Waals surface area contributed by atoms with Gasteiger partial charge in [0.15, 0.2) is 11.5 Å². The molecule has 1 heterocycles. The number of nitrogens with zero attached hydrogens (tertiary/aromatic N) is 1. The van der Waals surface area contributed by atoms with E-state index in [0.717, 1.165) is 31.5 Å². The van der Waals surface area contributed by atoms with E-state index in [1.807, 2.05) is 13.1 Å². The molecule has 1 atom stereocenters. The van der Waals surface area contributed by atoms with Crippen molar-refractivity contribution in [2.75, 3.05) is 27.2 Å². The molecule has 1 aliphatic rings. The Morgan fingerprint density at radius 3 is 3.00 bits per heavy atom. The summed E-state index contributed by atoms with van der Waals surface area (Å²) in [7, 11) is 3.34. The second-order valence-electron chi connectivity index (χ2n) is 5.67. The highest BCUT2D eigenvalue weighted by Crippen LogP contribution is 2.26. The highest BCUT2D eigenvalue weighted by atomic mass is 16.5. The Labute approximate surface area is 125 Å². The van der Waals surface area contributed by atoms with Crippen LogP contribution in [0.25, 0.3) is 0 Å². The summed E-state index contributed by atoms with van der Waals surface area (Å²) in [5, 5.41) is 12.9. The second kappa shape index (κ2) is 7.31. The minimum atomic E-state index is 0.114. The topological polar surface area (TPSA) is 61.8 Å². The first-order valence-electron chi connectivity index (χ1n) is 7.40. The van der Waals surface area contributed by atoms with Crippen molar-refractivity contribution in [3.8, 4) is 11.5 Å². The predicted molar refractivity (Wildman–Crippen MR) is 81.3 cm³/mol. The zero-order chi connectivity index (χ0) is 15.2. The number of ether oxygens (including phenoxy) is 1. The Morgan fingerprint density at radius 1 is 1.52 bits per heavy atom. The summed E-state index contributed by atoms with van der Waals surface area (Å²) in [5.74, 6) is 1.16. The van der Waals surface area contributed by atoms with Crippen LogP contribution in [0.5, 0.6) is 11.5 Å². The SMILES string of the molecule is COc1cc(CN(C)C(=O)CC2CCCNC2)ccc1O. The summed E-state index contributed by atoms with van der Waals surface area (Å²) in [5.41, 5.74) is 0.947. The van der Waals surface area contributed by atoms with Gasteiger partial charge in [-0.25, -0.2) is 0 Å². The molecule has 1 unspecified atom stereocenters. The summed E-state index contributed by atoms with van der Waals surface area (Å²) in [6, 6.07) is 5.17. The normalized spacial score (nSPS) is 18.3. The van der Waals surface area contributed by atoms with Crippen molar-refractivity contribution in [2.24, 2.45) is 5.92 Å². The molecule has 0 aliphatic carbocycles. The van der Waals surface area contributed by atoms with Crippen molar-refractivity contribution in [1.29, 1.82) is 0 Å². The van der Waals surface area contributed by atoms with Gasteiger partial charge in [-0.2, -0.15) is 0 Å².